The van der Waals surface area contributed by atoms with Crippen LogP contribution in [0.25, 0.3) is 0 Å². The summed E-state index contributed by atoms with van der Waals surface area (Å²) in [5.74, 6) is -1.86. The molecule has 0 aliphatic carbocycles. The number of carbonyl (C=O) groups excluding carboxylic acids is 2. The number of ketones is 1. The molecule has 1 saturated heterocycles. The average Bonchev–Trinajstić information content (AvgIpc) is 2.32. The molecule has 4 atom stereocenters. The quantitative estimate of drug-likeness (QED) is 0.588. The monoisotopic (exact) mass is 202 g/mol. The van der Waals surface area contributed by atoms with Gasteiger partial charge in [0.15, 0.2) is 5.78 Å². The predicted octanol–water partition coefficient (Wildman–Crippen LogP) is -0.751. The van der Waals surface area contributed by atoms with Crippen LogP contribution in [0.3, 0.4) is 0 Å². The Hall–Kier alpha value is -0.940. The number of hydrogen-bond donors (Lipinski definition) is 2. The summed E-state index contributed by atoms with van der Waals surface area (Å²) in [5, 5.41) is 18.4. The van der Waals surface area contributed by atoms with E-state index in [1.54, 1.807) is 6.92 Å². The molecule has 0 bridgehead atoms. The first kappa shape index (κ1) is 11.1. The van der Waals surface area contributed by atoms with Crippen molar-refractivity contribution >= 4 is 11.8 Å². The van der Waals surface area contributed by atoms with Gasteiger partial charge >= 0.3 is 5.97 Å². The number of carbonyl (C=O) groups is 2. The minimum absolute atomic E-state index is 0.165. The number of cyclic esters (lactones) is 1. The van der Waals surface area contributed by atoms with Crippen LogP contribution in [0.15, 0.2) is 0 Å². The molecule has 0 aromatic heterocycles. The second-order valence-electron chi connectivity index (χ2n) is 3.59. The number of hydrogen-bond acceptors (Lipinski definition) is 5. The van der Waals surface area contributed by atoms with Crippen LogP contribution in [0.4, 0.5) is 0 Å². The topological polar surface area (TPSA) is 83.8 Å². The normalized spacial score (nSPS) is 34.0. The van der Waals surface area contributed by atoms with Crippen LogP contribution >= 0.6 is 0 Å². The van der Waals surface area contributed by atoms with Crippen molar-refractivity contribution < 1.29 is 24.5 Å². The van der Waals surface area contributed by atoms with Gasteiger partial charge in [-0.15, -0.1) is 0 Å². The second-order valence-corrected chi connectivity index (χ2v) is 3.59. The van der Waals surface area contributed by atoms with Crippen LogP contribution in [0.5, 0.6) is 0 Å². The fourth-order valence-corrected chi connectivity index (χ4v) is 1.40. The van der Waals surface area contributed by atoms with E-state index >= 15 is 0 Å². The van der Waals surface area contributed by atoms with E-state index in [-0.39, 0.29) is 6.42 Å². The standard InChI is InChI=1S/C9H14O5/c1-4(10)7(11)3-6-8(12)5(2)14-9(6)13/h4-6,8,10,12H,3H2,1-2H3/t4-,5-,6-,8+/m1/s1. The molecule has 1 heterocycles. The first-order valence-electron chi connectivity index (χ1n) is 4.52. The van der Waals surface area contributed by atoms with Crippen LogP contribution < -0.4 is 0 Å². The Balaban J connectivity index is 2.60. The third-order valence-electron chi connectivity index (χ3n) is 2.39. The zero-order valence-electron chi connectivity index (χ0n) is 8.14. The van der Waals surface area contributed by atoms with Gasteiger partial charge in [-0.25, -0.2) is 0 Å². The van der Waals surface area contributed by atoms with E-state index in [1.165, 1.54) is 6.92 Å². The zero-order valence-corrected chi connectivity index (χ0v) is 8.14. The molecular weight excluding hydrogens is 188 g/mol. The minimum Gasteiger partial charge on any atom is -0.460 e. The van der Waals surface area contributed by atoms with E-state index in [4.69, 9.17) is 9.84 Å². The molecule has 1 fully saturated rings. The molecule has 0 spiro atoms. The van der Waals surface area contributed by atoms with Crippen LogP contribution in [0.1, 0.15) is 20.3 Å². The summed E-state index contributed by atoms with van der Waals surface area (Å²) >= 11 is 0. The van der Waals surface area contributed by atoms with Crippen LogP contribution in [-0.2, 0) is 14.3 Å². The van der Waals surface area contributed by atoms with E-state index in [1.807, 2.05) is 0 Å². The lowest BCUT2D eigenvalue weighted by atomic mass is 9.94. The highest BCUT2D eigenvalue weighted by Gasteiger charge is 2.42. The second kappa shape index (κ2) is 4.06. The van der Waals surface area contributed by atoms with Gasteiger partial charge in [0.05, 0.1) is 5.92 Å². The van der Waals surface area contributed by atoms with E-state index in [9.17, 15) is 14.7 Å². The first-order valence-corrected chi connectivity index (χ1v) is 4.52. The van der Waals surface area contributed by atoms with E-state index in [0.29, 0.717) is 0 Å². The Kier molecular flexibility index (Phi) is 3.23. The van der Waals surface area contributed by atoms with Gasteiger partial charge in [-0.05, 0) is 13.8 Å². The Morgan fingerprint density at radius 3 is 2.57 bits per heavy atom. The maximum absolute atomic E-state index is 11.1. The highest BCUT2D eigenvalue weighted by molar-refractivity contribution is 5.88. The van der Waals surface area contributed by atoms with Gasteiger partial charge in [0.1, 0.15) is 18.3 Å². The smallest absolute Gasteiger partial charge is 0.312 e. The summed E-state index contributed by atoms with van der Waals surface area (Å²) in [6.07, 6.45) is -2.80. The average molecular weight is 202 g/mol. The van der Waals surface area contributed by atoms with Crippen molar-refractivity contribution in [3.63, 3.8) is 0 Å². The number of esters is 1. The Morgan fingerprint density at radius 1 is 1.64 bits per heavy atom. The fraction of sp³-hybridized carbons (Fsp3) is 0.778. The summed E-state index contributed by atoms with van der Waals surface area (Å²) in [6, 6.07) is 0. The molecule has 0 aromatic carbocycles. The Labute approximate surface area is 81.7 Å². The van der Waals surface area contributed by atoms with Crippen molar-refractivity contribution in [2.75, 3.05) is 0 Å². The largest absolute Gasteiger partial charge is 0.460 e. The van der Waals surface area contributed by atoms with Gasteiger partial charge in [-0.3, -0.25) is 9.59 Å². The molecule has 1 aliphatic rings. The zero-order chi connectivity index (χ0) is 10.9. The molecule has 0 saturated carbocycles. The maximum Gasteiger partial charge on any atom is 0.312 e. The highest BCUT2D eigenvalue weighted by Crippen LogP contribution is 2.25. The van der Waals surface area contributed by atoms with Crippen LogP contribution in [-0.4, -0.2) is 40.3 Å². The lowest BCUT2D eigenvalue weighted by Crippen LogP contribution is -2.29. The minimum atomic E-state index is -1.11. The van der Waals surface area contributed by atoms with Gasteiger partial charge in [-0.2, -0.15) is 0 Å². The number of aliphatic hydroxyl groups excluding tert-OH is 2. The van der Waals surface area contributed by atoms with E-state index in [0.717, 1.165) is 0 Å². The Bertz CT molecular complexity index is 248. The Morgan fingerprint density at radius 2 is 2.21 bits per heavy atom. The maximum atomic E-state index is 11.1. The fourth-order valence-electron chi connectivity index (χ4n) is 1.40. The van der Waals surface area contributed by atoms with Gasteiger partial charge in [0, 0.05) is 6.42 Å². The van der Waals surface area contributed by atoms with Crippen LogP contribution in [0, 0.1) is 5.92 Å². The SMILES string of the molecule is C[C@@H](O)C(=O)C[C@H]1C(=O)O[C@H](C)[C@@H]1O. The molecular formula is C9H14O5. The molecule has 0 radical (unpaired) electrons. The molecule has 80 valence electrons. The molecule has 0 aromatic rings. The van der Waals surface area contributed by atoms with Gasteiger partial charge in [0.2, 0.25) is 0 Å². The highest BCUT2D eigenvalue weighted by atomic mass is 16.6. The summed E-state index contributed by atoms with van der Waals surface area (Å²) in [6.45, 7) is 2.90. The third kappa shape index (κ3) is 2.10. The molecule has 1 aliphatic heterocycles. The van der Waals surface area contributed by atoms with Crippen LogP contribution in [0.2, 0.25) is 0 Å². The first-order chi connectivity index (χ1) is 6.43. The van der Waals surface area contributed by atoms with Crippen molar-refractivity contribution in [3.8, 4) is 0 Å². The summed E-state index contributed by atoms with van der Waals surface area (Å²) in [7, 11) is 0. The lowest BCUT2D eigenvalue weighted by molar-refractivity contribution is -0.145. The predicted molar refractivity (Wildman–Crippen MR) is 46.4 cm³/mol. The van der Waals surface area contributed by atoms with Crippen molar-refractivity contribution in [3.05, 3.63) is 0 Å². The van der Waals surface area contributed by atoms with E-state index in [2.05, 4.69) is 0 Å². The summed E-state index contributed by atoms with van der Waals surface area (Å²) in [4.78, 5) is 22.3. The van der Waals surface area contributed by atoms with Gasteiger partial charge in [0.25, 0.3) is 0 Å². The molecule has 2 N–H and O–H groups in total. The molecule has 1 rings (SSSR count). The molecule has 14 heavy (non-hydrogen) atoms. The molecule has 0 amide bonds. The van der Waals surface area contributed by atoms with Crippen molar-refractivity contribution in [1.82, 2.24) is 0 Å². The number of ether oxygens (including phenoxy) is 1. The van der Waals surface area contributed by atoms with Gasteiger partial charge < -0.3 is 14.9 Å². The van der Waals surface area contributed by atoms with E-state index < -0.39 is 36.0 Å². The summed E-state index contributed by atoms with van der Waals surface area (Å²) < 4.78 is 4.74. The van der Waals surface area contributed by atoms with Crippen molar-refractivity contribution in [1.29, 1.82) is 0 Å². The molecule has 5 nitrogen and oxygen atoms in total. The molecule has 0 unspecified atom stereocenters. The number of aliphatic hydroxyl groups is 2. The molecule has 5 heteroatoms. The third-order valence-corrected chi connectivity index (χ3v) is 2.39. The summed E-state index contributed by atoms with van der Waals surface area (Å²) in [5.41, 5.74) is 0. The number of rotatable bonds is 3. The number of Topliss-reactive ketones (excluding diaryl/α,β-unsaturated/α-hetero) is 1. The lowest BCUT2D eigenvalue weighted by Gasteiger charge is -2.11. The van der Waals surface area contributed by atoms with Crippen molar-refractivity contribution in [2.45, 2.75) is 38.6 Å². The van der Waals surface area contributed by atoms with Crippen molar-refractivity contribution in [2.24, 2.45) is 5.92 Å². The van der Waals surface area contributed by atoms with Gasteiger partial charge in [-0.1, -0.05) is 0 Å².